The number of rotatable bonds is 4. The highest BCUT2D eigenvalue weighted by molar-refractivity contribution is 5.74. The lowest BCUT2D eigenvalue weighted by Crippen LogP contribution is -2.27. The van der Waals surface area contributed by atoms with Gasteiger partial charge in [-0.15, -0.1) is 0 Å². The van der Waals surface area contributed by atoms with E-state index in [0.717, 1.165) is 0 Å². The smallest absolute Gasteiger partial charge is 0.263 e. The normalized spacial score (nSPS) is 14.2. The van der Waals surface area contributed by atoms with Crippen LogP contribution in [0.5, 0.6) is 0 Å². The maximum absolute atomic E-state index is 12.2. The number of nitrogens with one attached hydrogen (secondary N) is 2. The van der Waals surface area contributed by atoms with Gasteiger partial charge < -0.3 is 10.4 Å². The number of aliphatic hydroxyl groups excluding tert-OH is 1. The maximum Gasteiger partial charge on any atom is 0.263 e. The Balaban J connectivity index is 2.24. The highest BCUT2D eigenvalue weighted by Crippen LogP contribution is 2.21. The maximum atomic E-state index is 12.2. The van der Waals surface area contributed by atoms with Crippen LogP contribution in [-0.4, -0.2) is 37.5 Å². The van der Waals surface area contributed by atoms with Crippen LogP contribution in [0.3, 0.4) is 0 Å². The molecule has 0 aliphatic heterocycles. The fraction of sp³-hybridized carbons (Fsp3) is 0.688. The second kappa shape index (κ2) is 5.96. The highest BCUT2D eigenvalue weighted by Gasteiger charge is 2.20. The molecule has 2 aromatic heterocycles. The molecule has 0 radical (unpaired) electrons. The number of hydrogen-bond acceptors (Lipinski definition) is 5. The molecule has 0 bridgehead atoms. The third kappa shape index (κ3) is 4.31. The molecule has 0 amide bonds. The first-order valence-corrected chi connectivity index (χ1v) is 7.88. The quantitative estimate of drug-likeness (QED) is 0.801. The van der Waals surface area contributed by atoms with E-state index >= 15 is 0 Å². The highest BCUT2D eigenvalue weighted by atomic mass is 16.3. The molecule has 2 aromatic rings. The van der Waals surface area contributed by atoms with E-state index in [9.17, 15) is 9.90 Å². The van der Waals surface area contributed by atoms with Crippen LogP contribution >= 0.6 is 0 Å². The van der Waals surface area contributed by atoms with Gasteiger partial charge in [0.2, 0.25) is 5.95 Å². The molecule has 7 nitrogen and oxygen atoms in total. The predicted octanol–water partition coefficient (Wildman–Crippen LogP) is 2.08. The third-order valence-electron chi connectivity index (χ3n) is 3.43. The Morgan fingerprint density at radius 1 is 1.30 bits per heavy atom. The SMILES string of the molecule is CC(C)(C)CC(O)CNc1nc2c(cnn2C(C)(C)C)c(=O)[nH]1. The molecule has 1 atom stereocenters. The molecule has 23 heavy (non-hydrogen) atoms. The largest absolute Gasteiger partial charge is 0.391 e. The predicted molar refractivity (Wildman–Crippen MR) is 91.7 cm³/mol. The van der Waals surface area contributed by atoms with Crippen LogP contribution in [0.25, 0.3) is 11.0 Å². The first-order valence-electron chi connectivity index (χ1n) is 7.88. The molecule has 0 saturated carbocycles. The Bertz CT molecular complexity index is 733. The van der Waals surface area contributed by atoms with Gasteiger partial charge >= 0.3 is 0 Å². The van der Waals surface area contributed by atoms with Gasteiger partial charge in [-0.3, -0.25) is 9.78 Å². The Morgan fingerprint density at radius 2 is 1.96 bits per heavy atom. The molecule has 0 aliphatic rings. The lowest BCUT2D eigenvalue weighted by Gasteiger charge is -2.22. The van der Waals surface area contributed by atoms with E-state index in [1.807, 2.05) is 20.8 Å². The first-order chi connectivity index (χ1) is 10.5. The molecule has 3 N–H and O–H groups in total. The molecule has 0 fully saturated rings. The Labute approximate surface area is 136 Å². The molecular formula is C16H27N5O2. The van der Waals surface area contributed by atoms with E-state index in [0.29, 0.717) is 29.9 Å². The van der Waals surface area contributed by atoms with Crippen molar-refractivity contribution in [2.24, 2.45) is 5.41 Å². The lowest BCUT2D eigenvalue weighted by molar-refractivity contribution is 0.132. The zero-order chi connectivity index (χ0) is 17.4. The van der Waals surface area contributed by atoms with Crippen LogP contribution in [0, 0.1) is 5.41 Å². The number of H-pyrrole nitrogens is 1. The number of nitrogens with zero attached hydrogens (tertiary/aromatic N) is 3. The summed E-state index contributed by atoms with van der Waals surface area (Å²) in [5, 5.41) is 17.8. The van der Waals surface area contributed by atoms with Gasteiger partial charge in [-0.1, -0.05) is 20.8 Å². The van der Waals surface area contributed by atoms with Gasteiger partial charge in [0.1, 0.15) is 5.39 Å². The van der Waals surface area contributed by atoms with Crippen molar-refractivity contribution in [3.05, 3.63) is 16.6 Å². The molecule has 0 spiro atoms. The Morgan fingerprint density at radius 3 is 2.52 bits per heavy atom. The van der Waals surface area contributed by atoms with Crippen molar-refractivity contribution in [2.45, 2.75) is 59.6 Å². The van der Waals surface area contributed by atoms with Crippen molar-refractivity contribution in [2.75, 3.05) is 11.9 Å². The monoisotopic (exact) mass is 321 g/mol. The standard InChI is InChI=1S/C16H27N5O2/c1-15(2,3)7-10(22)8-17-14-19-12-11(13(23)20-14)9-18-21(12)16(4,5)6/h9-10,22H,7-8H2,1-6H3,(H2,17,19,20,23). The summed E-state index contributed by atoms with van der Waals surface area (Å²) >= 11 is 0. The fourth-order valence-corrected chi connectivity index (χ4v) is 2.49. The van der Waals surface area contributed by atoms with Crippen LogP contribution < -0.4 is 10.9 Å². The molecule has 128 valence electrons. The summed E-state index contributed by atoms with van der Waals surface area (Å²) in [5.41, 5.74) is 0.0647. The second-order valence-corrected chi connectivity index (χ2v) is 8.18. The Hall–Kier alpha value is -1.89. The van der Waals surface area contributed by atoms with Crippen LogP contribution in [0.4, 0.5) is 5.95 Å². The van der Waals surface area contributed by atoms with Crippen molar-refractivity contribution in [3.63, 3.8) is 0 Å². The second-order valence-electron chi connectivity index (χ2n) is 8.18. The van der Waals surface area contributed by atoms with Crippen molar-refractivity contribution in [1.82, 2.24) is 19.7 Å². The van der Waals surface area contributed by atoms with E-state index in [4.69, 9.17) is 0 Å². The van der Waals surface area contributed by atoms with Gasteiger partial charge in [0, 0.05) is 6.54 Å². The number of aromatic amines is 1. The molecule has 7 heteroatoms. The van der Waals surface area contributed by atoms with E-state index in [2.05, 4.69) is 41.2 Å². The zero-order valence-corrected chi connectivity index (χ0v) is 14.8. The van der Waals surface area contributed by atoms with Crippen LogP contribution in [-0.2, 0) is 5.54 Å². The molecule has 1 unspecified atom stereocenters. The van der Waals surface area contributed by atoms with Crippen molar-refractivity contribution in [1.29, 1.82) is 0 Å². The van der Waals surface area contributed by atoms with Gasteiger partial charge in [0.15, 0.2) is 5.65 Å². The summed E-state index contributed by atoms with van der Waals surface area (Å²) in [6.07, 6.45) is 1.68. The molecule has 0 saturated heterocycles. The summed E-state index contributed by atoms with van der Waals surface area (Å²) in [6, 6.07) is 0. The van der Waals surface area contributed by atoms with Gasteiger partial charge in [-0.25, -0.2) is 4.68 Å². The van der Waals surface area contributed by atoms with Crippen molar-refractivity contribution in [3.8, 4) is 0 Å². The zero-order valence-electron chi connectivity index (χ0n) is 14.8. The lowest BCUT2D eigenvalue weighted by atomic mass is 9.89. The minimum atomic E-state index is -0.511. The number of aliphatic hydroxyl groups is 1. The van der Waals surface area contributed by atoms with Crippen LogP contribution in [0.1, 0.15) is 48.0 Å². The summed E-state index contributed by atoms with van der Waals surface area (Å²) < 4.78 is 1.73. The molecule has 0 aromatic carbocycles. The first kappa shape index (κ1) is 17.5. The number of hydrogen-bond donors (Lipinski definition) is 3. The number of fused-ring (bicyclic) bond motifs is 1. The average Bonchev–Trinajstić information content (AvgIpc) is 2.78. The summed E-state index contributed by atoms with van der Waals surface area (Å²) in [7, 11) is 0. The van der Waals surface area contributed by atoms with E-state index in [1.54, 1.807) is 4.68 Å². The molecule has 2 rings (SSSR count). The minimum Gasteiger partial charge on any atom is -0.391 e. The molecule has 2 heterocycles. The topological polar surface area (TPSA) is 95.8 Å². The summed E-state index contributed by atoms with van der Waals surface area (Å²) in [6.45, 7) is 12.6. The fourth-order valence-electron chi connectivity index (χ4n) is 2.49. The molecule has 0 aliphatic carbocycles. The van der Waals surface area contributed by atoms with E-state index < -0.39 is 6.10 Å². The van der Waals surface area contributed by atoms with Crippen LogP contribution in [0.15, 0.2) is 11.0 Å². The van der Waals surface area contributed by atoms with E-state index in [1.165, 1.54) is 6.20 Å². The van der Waals surface area contributed by atoms with Gasteiger partial charge in [0.05, 0.1) is 17.8 Å². The van der Waals surface area contributed by atoms with Crippen molar-refractivity contribution < 1.29 is 5.11 Å². The minimum absolute atomic E-state index is 0.0384. The average molecular weight is 321 g/mol. The van der Waals surface area contributed by atoms with Crippen LogP contribution in [0.2, 0.25) is 0 Å². The number of aromatic nitrogens is 4. The summed E-state index contributed by atoms with van der Waals surface area (Å²) in [4.78, 5) is 19.3. The third-order valence-corrected chi connectivity index (χ3v) is 3.43. The summed E-state index contributed by atoms with van der Waals surface area (Å²) in [5.74, 6) is 0.349. The van der Waals surface area contributed by atoms with Gasteiger partial charge in [-0.05, 0) is 32.6 Å². The molecular weight excluding hydrogens is 294 g/mol. The van der Waals surface area contributed by atoms with Gasteiger partial charge in [0.25, 0.3) is 5.56 Å². The van der Waals surface area contributed by atoms with Crippen molar-refractivity contribution >= 4 is 17.0 Å². The van der Waals surface area contributed by atoms with Gasteiger partial charge in [-0.2, -0.15) is 10.1 Å². The number of anilines is 1. The van der Waals surface area contributed by atoms with E-state index in [-0.39, 0.29) is 16.5 Å². The Kier molecular flexibility index (Phi) is 4.52.